The van der Waals surface area contributed by atoms with Crippen molar-refractivity contribution in [1.82, 2.24) is 0 Å². The number of phenols is 2. The maximum atomic E-state index is 11.8. The second-order valence-electron chi connectivity index (χ2n) is 6.05. The average molecular weight is 390 g/mol. The zero-order chi connectivity index (χ0) is 21.0. The van der Waals surface area contributed by atoms with Crippen molar-refractivity contribution in [3.8, 4) is 28.7 Å². The highest BCUT2D eigenvalue weighted by molar-refractivity contribution is 5.97. The molecular weight excluding hydrogens is 368 g/mol. The van der Waals surface area contributed by atoms with E-state index in [-0.39, 0.29) is 22.6 Å². The molecule has 2 rings (SSSR count). The van der Waals surface area contributed by atoms with E-state index in [2.05, 4.69) is 0 Å². The summed E-state index contributed by atoms with van der Waals surface area (Å²) in [5.41, 5.74) is 0.233. The smallest absolute Gasteiger partial charge is 0.304 e. The number of methoxy groups -OCH3 is 3. The summed E-state index contributed by atoms with van der Waals surface area (Å²) in [7, 11) is 4.26. The quantitative estimate of drug-likeness (QED) is 0.588. The van der Waals surface area contributed by atoms with Gasteiger partial charge in [-0.15, -0.1) is 0 Å². The van der Waals surface area contributed by atoms with E-state index in [1.807, 2.05) is 0 Å². The van der Waals surface area contributed by atoms with Crippen LogP contribution < -0.4 is 14.2 Å². The molecule has 0 saturated carbocycles. The fourth-order valence-corrected chi connectivity index (χ4v) is 3.09. The van der Waals surface area contributed by atoms with Gasteiger partial charge in [0, 0.05) is 23.1 Å². The molecule has 8 nitrogen and oxygen atoms in total. The van der Waals surface area contributed by atoms with Crippen LogP contribution in [0.15, 0.2) is 24.3 Å². The third-order valence-corrected chi connectivity index (χ3v) is 4.41. The van der Waals surface area contributed by atoms with Crippen molar-refractivity contribution in [3.05, 3.63) is 41.0 Å². The van der Waals surface area contributed by atoms with Crippen molar-refractivity contribution in [1.29, 1.82) is 0 Å². The van der Waals surface area contributed by atoms with E-state index >= 15 is 0 Å². The van der Waals surface area contributed by atoms with Crippen molar-refractivity contribution >= 4 is 11.8 Å². The van der Waals surface area contributed by atoms with Crippen LogP contribution >= 0.6 is 0 Å². The molecule has 0 aliphatic heterocycles. The number of aromatic hydroxyl groups is 2. The molecule has 0 saturated heterocycles. The molecule has 1 atom stereocenters. The minimum absolute atomic E-state index is 0.0253. The van der Waals surface area contributed by atoms with Crippen LogP contribution in [0.4, 0.5) is 0 Å². The lowest BCUT2D eigenvalue weighted by Crippen LogP contribution is -2.11. The molecule has 0 bridgehead atoms. The van der Waals surface area contributed by atoms with E-state index in [1.54, 1.807) is 0 Å². The van der Waals surface area contributed by atoms with Crippen molar-refractivity contribution in [2.24, 2.45) is 0 Å². The number of carbonyl (C=O) groups excluding carboxylic acids is 1. The Morgan fingerprint density at radius 1 is 0.964 bits per heavy atom. The molecular formula is C20H22O8. The summed E-state index contributed by atoms with van der Waals surface area (Å²) in [6.45, 7) is 1.26. The Balaban J connectivity index is 2.82. The molecule has 8 heteroatoms. The molecule has 28 heavy (non-hydrogen) atoms. The Labute approximate surface area is 161 Å². The van der Waals surface area contributed by atoms with Crippen LogP contribution in [0.25, 0.3) is 0 Å². The fraction of sp³-hybridized carbons (Fsp3) is 0.300. The zero-order valence-corrected chi connectivity index (χ0v) is 16.0. The van der Waals surface area contributed by atoms with Gasteiger partial charge in [0.25, 0.3) is 0 Å². The first kappa shape index (κ1) is 20.9. The first-order valence-electron chi connectivity index (χ1n) is 8.32. The highest BCUT2D eigenvalue weighted by atomic mass is 16.5. The molecule has 0 aromatic heterocycles. The van der Waals surface area contributed by atoms with Crippen LogP contribution in [-0.2, 0) is 4.79 Å². The van der Waals surface area contributed by atoms with Gasteiger partial charge in [-0.25, -0.2) is 0 Å². The molecule has 0 radical (unpaired) electrons. The summed E-state index contributed by atoms with van der Waals surface area (Å²) in [5, 5.41) is 30.4. The second kappa shape index (κ2) is 8.51. The van der Waals surface area contributed by atoms with E-state index in [1.165, 1.54) is 52.5 Å². The molecule has 0 aliphatic carbocycles. The Morgan fingerprint density at radius 3 is 2.04 bits per heavy atom. The molecule has 0 spiro atoms. The first-order valence-corrected chi connectivity index (χ1v) is 8.32. The number of rotatable bonds is 8. The normalized spacial score (nSPS) is 11.6. The molecule has 0 fully saturated rings. The molecule has 0 heterocycles. The number of ether oxygens (including phenoxy) is 3. The zero-order valence-electron chi connectivity index (χ0n) is 16.0. The number of Topliss-reactive ketones (excluding diaryl/α,β-unsaturated/α-hetero) is 1. The minimum atomic E-state index is -1.17. The maximum absolute atomic E-state index is 11.8. The standard InChI is InChI=1S/C20H22O8/c1-10(21)11-5-6-14(22)19(20(11)25)13(8-18(23)24)12-7-16(27-3)17(28-4)9-15(12)26-2/h5-7,9,13,22,25H,8H2,1-4H3,(H,23,24). The highest BCUT2D eigenvalue weighted by Gasteiger charge is 2.30. The maximum Gasteiger partial charge on any atom is 0.304 e. The number of benzene rings is 2. The Bertz CT molecular complexity index is 904. The Morgan fingerprint density at radius 2 is 1.54 bits per heavy atom. The van der Waals surface area contributed by atoms with Gasteiger partial charge in [0.15, 0.2) is 17.3 Å². The van der Waals surface area contributed by atoms with Gasteiger partial charge >= 0.3 is 5.97 Å². The van der Waals surface area contributed by atoms with Gasteiger partial charge in [0.1, 0.15) is 17.2 Å². The predicted octanol–water partition coefficient (Wildman–Crippen LogP) is 2.93. The lowest BCUT2D eigenvalue weighted by Gasteiger charge is -2.23. The molecule has 0 amide bonds. The number of phenolic OH excluding ortho intramolecular Hbond substituents is 2. The summed E-state index contributed by atoms with van der Waals surface area (Å²) in [4.78, 5) is 23.3. The third kappa shape index (κ3) is 3.95. The molecule has 2 aromatic rings. The molecule has 0 aliphatic rings. The molecule has 150 valence electrons. The van der Waals surface area contributed by atoms with E-state index in [4.69, 9.17) is 14.2 Å². The monoisotopic (exact) mass is 390 g/mol. The van der Waals surface area contributed by atoms with Crippen LogP contribution in [0.1, 0.15) is 40.7 Å². The van der Waals surface area contributed by atoms with Gasteiger partial charge in [-0.05, 0) is 25.1 Å². The van der Waals surface area contributed by atoms with E-state index in [0.29, 0.717) is 17.1 Å². The summed E-state index contributed by atoms with van der Waals surface area (Å²) in [6, 6.07) is 5.56. The minimum Gasteiger partial charge on any atom is -0.508 e. The van der Waals surface area contributed by atoms with Crippen LogP contribution in [0.2, 0.25) is 0 Å². The average Bonchev–Trinajstić information content (AvgIpc) is 2.65. The van der Waals surface area contributed by atoms with Crippen LogP contribution in [0.3, 0.4) is 0 Å². The highest BCUT2D eigenvalue weighted by Crippen LogP contribution is 2.47. The van der Waals surface area contributed by atoms with Crippen LogP contribution in [0, 0.1) is 0 Å². The van der Waals surface area contributed by atoms with Gasteiger partial charge in [-0.2, -0.15) is 0 Å². The number of carbonyl (C=O) groups is 2. The SMILES string of the molecule is COc1cc(OC)c(C(CC(=O)O)c2c(O)ccc(C(C)=O)c2O)cc1OC. The summed E-state index contributed by atoms with van der Waals surface area (Å²) in [5.74, 6) is -2.48. The largest absolute Gasteiger partial charge is 0.508 e. The lowest BCUT2D eigenvalue weighted by molar-refractivity contribution is -0.137. The summed E-state index contributed by atoms with van der Waals surface area (Å²) < 4.78 is 15.9. The number of carboxylic acid groups (broad SMARTS) is 1. The molecule has 1 unspecified atom stereocenters. The van der Waals surface area contributed by atoms with Crippen molar-refractivity contribution in [2.75, 3.05) is 21.3 Å². The van der Waals surface area contributed by atoms with Crippen LogP contribution in [-0.4, -0.2) is 48.4 Å². The number of ketones is 1. The van der Waals surface area contributed by atoms with Gasteiger partial charge in [0.2, 0.25) is 0 Å². The lowest BCUT2D eigenvalue weighted by atomic mass is 9.85. The van der Waals surface area contributed by atoms with Crippen LogP contribution in [0.5, 0.6) is 28.7 Å². The number of hydrogen-bond donors (Lipinski definition) is 3. The fourth-order valence-electron chi connectivity index (χ4n) is 3.09. The van der Waals surface area contributed by atoms with Gasteiger partial charge in [-0.3, -0.25) is 9.59 Å². The van der Waals surface area contributed by atoms with Crippen molar-refractivity contribution < 1.29 is 39.1 Å². The number of hydrogen-bond acceptors (Lipinski definition) is 7. The first-order chi connectivity index (χ1) is 13.2. The number of carboxylic acids is 1. The van der Waals surface area contributed by atoms with E-state index in [9.17, 15) is 24.9 Å². The molecule has 2 aromatic carbocycles. The van der Waals surface area contributed by atoms with Crippen molar-refractivity contribution in [2.45, 2.75) is 19.3 Å². The summed E-state index contributed by atoms with van der Waals surface area (Å²) in [6.07, 6.45) is -0.478. The predicted molar refractivity (Wildman–Crippen MR) is 100.0 cm³/mol. The topological polar surface area (TPSA) is 123 Å². The van der Waals surface area contributed by atoms with Gasteiger partial charge < -0.3 is 29.5 Å². The van der Waals surface area contributed by atoms with E-state index in [0.717, 1.165) is 0 Å². The number of aliphatic carboxylic acids is 1. The second-order valence-corrected chi connectivity index (χ2v) is 6.05. The summed E-state index contributed by atoms with van der Waals surface area (Å²) >= 11 is 0. The van der Waals surface area contributed by atoms with E-state index < -0.39 is 29.8 Å². The van der Waals surface area contributed by atoms with Gasteiger partial charge in [0.05, 0.1) is 33.3 Å². The van der Waals surface area contributed by atoms with Gasteiger partial charge in [-0.1, -0.05) is 0 Å². The third-order valence-electron chi connectivity index (χ3n) is 4.41. The molecule has 3 N–H and O–H groups in total. The van der Waals surface area contributed by atoms with Crippen molar-refractivity contribution in [3.63, 3.8) is 0 Å². The Hall–Kier alpha value is -3.42. The Kier molecular flexibility index (Phi) is 6.35.